The summed E-state index contributed by atoms with van der Waals surface area (Å²) in [5.74, 6) is -0.710. The molecular formula is C25H29NO7. The van der Waals surface area contributed by atoms with Crippen LogP contribution in [0.1, 0.15) is 52.5 Å². The number of benzene rings is 2. The summed E-state index contributed by atoms with van der Waals surface area (Å²) in [6.45, 7) is 3.64. The number of esters is 2. The second-order valence-electron chi connectivity index (χ2n) is 7.96. The highest BCUT2D eigenvalue weighted by molar-refractivity contribution is 6.02. The lowest BCUT2D eigenvalue weighted by molar-refractivity contribution is -0.142. The molecule has 3 rings (SSSR count). The molecule has 0 radical (unpaired) electrons. The molecule has 1 heterocycles. The molecule has 8 nitrogen and oxygen atoms in total. The van der Waals surface area contributed by atoms with Gasteiger partial charge in [-0.1, -0.05) is 18.2 Å². The summed E-state index contributed by atoms with van der Waals surface area (Å²) in [7, 11) is 4.89. The number of ether oxygens (including phenoxy) is 4. The van der Waals surface area contributed by atoms with Gasteiger partial charge in [0.1, 0.15) is 23.7 Å². The first-order valence-electron chi connectivity index (χ1n) is 10.7. The summed E-state index contributed by atoms with van der Waals surface area (Å²) in [6.07, 6.45) is 0.693. The van der Waals surface area contributed by atoms with Gasteiger partial charge in [-0.2, -0.15) is 0 Å². The lowest BCUT2D eigenvalue weighted by Crippen LogP contribution is -2.34. The number of hydrogen-bond donors (Lipinski definition) is 0. The van der Waals surface area contributed by atoms with Gasteiger partial charge in [0.05, 0.1) is 25.8 Å². The lowest BCUT2D eigenvalue weighted by atomic mass is 9.87. The zero-order chi connectivity index (χ0) is 24.1. The first kappa shape index (κ1) is 24.3. The van der Waals surface area contributed by atoms with Gasteiger partial charge >= 0.3 is 11.9 Å². The zero-order valence-corrected chi connectivity index (χ0v) is 19.5. The second-order valence-corrected chi connectivity index (χ2v) is 7.96. The largest absolute Gasteiger partial charge is 0.496 e. The van der Waals surface area contributed by atoms with E-state index in [1.54, 1.807) is 36.4 Å². The Morgan fingerprint density at radius 2 is 1.70 bits per heavy atom. The van der Waals surface area contributed by atoms with Crippen molar-refractivity contribution < 1.29 is 33.3 Å². The average Bonchev–Trinajstić information content (AvgIpc) is 3.16. The summed E-state index contributed by atoms with van der Waals surface area (Å²) in [5.41, 5.74) is 1.09. The molecule has 0 spiro atoms. The molecule has 2 unspecified atom stereocenters. The number of carbonyl (C=O) groups is 3. The maximum Gasteiger partial charge on any atom is 0.343 e. The van der Waals surface area contributed by atoms with Crippen LogP contribution in [0.5, 0.6) is 17.2 Å². The molecule has 1 aliphatic rings. The lowest BCUT2D eigenvalue weighted by Gasteiger charge is -2.28. The molecule has 8 heteroatoms. The van der Waals surface area contributed by atoms with Gasteiger partial charge in [-0.15, -0.1) is 0 Å². The van der Waals surface area contributed by atoms with E-state index in [0.29, 0.717) is 23.3 Å². The van der Waals surface area contributed by atoms with Crippen molar-refractivity contribution in [2.24, 2.45) is 0 Å². The average molecular weight is 456 g/mol. The Kier molecular flexibility index (Phi) is 7.71. The number of ketones is 1. The SMILES string of the molecule is COc1cc(OC)c(C2CCN(C)C2COC(C)=O)c(OC(=O)c2ccccc2)c1C(C)=O. The Morgan fingerprint density at radius 3 is 2.27 bits per heavy atom. The minimum absolute atomic E-state index is 0.112. The van der Waals surface area contributed by atoms with Crippen molar-refractivity contribution in [3.63, 3.8) is 0 Å². The number of Topliss-reactive ketones (excluding diaryl/α,β-unsaturated/α-hetero) is 1. The van der Waals surface area contributed by atoms with Gasteiger partial charge in [0.15, 0.2) is 11.5 Å². The van der Waals surface area contributed by atoms with Gasteiger partial charge < -0.3 is 18.9 Å². The van der Waals surface area contributed by atoms with E-state index >= 15 is 0 Å². The molecule has 1 fully saturated rings. The van der Waals surface area contributed by atoms with E-state index in [0.717, 1.165) is 6.54 Å². The fraction of sp³-hybridized carbons (Fsp3) is 0.400. The van der Waals surface area contributed by atoms with E-state index in [1.807, 2.05) is 7.05 Å². The van der Waals surface area contributed by atoms with E-state index in [4.69, 9.17) is 18.9 Å². The summed E-state index contributed by atoms with van der Waals surface area (Å²) < 4.78 is 22.3. The predicted molar refractivity (Wildman–Crippen MR) is 121 cm³/mol. The van der Waals surface area contributed by atoms with E-state index in [2.05, 4.69) is 4.90 Å². The van der Waals surface area contributed by atoms with Crippen LogP contribution in [0, 0.1) is 0 Å². The van der Waals surface area contributed by atoms with Crippen LogP contribution in [-0.2, 0) is 9.53 Å². The molecule has 2 atom stereocenters. The van der Waals surface area contributed by atoms with Gasteiger partial charge in [0, 0.05) is 24.5 Å². The van der Waals surface area contributed by atoms with Crippen LogP contribution >= 0.6 is 0 Å². The Bertz CT molecular complexity index is 1030. The van der Waals surface area contributed by atoms with Gasteiger partial charge in [-0.05, 0) is 39.1 Å². The fourth-order valence-corrected chi connectivity index (χ4v) is 4.26. The predicted octanol–water partition coefficient (Wildman–Crippen LogP) is 3.48. The maximum atomic E-state index is 13.0. The first-order valence-corrected chi connectivity index (χ1v) is 10.7. The van der Waals surface area contributed by atoms with Crippen molar-refractivity contribution in [3.8, 4) is 17.2 Å². The molecule has 2 aromatic carbocycles. The molecule has 33 heavy (non-hydrogen) atoms. The van der Waals surface area contributed by atoms with Crippen molar-refractivity contribution in [1.29, 1.82) is 0 Å². The van der Waals surface area contributed by atoms with Gasteiger partial charge in [0.2, 0.25) is 0 Å². The summed E-state index contributed by atoms with van der Waals surface area (Å²) in [6, 6.07) is 9.98. The summed E-state index contributed by atoms with van der Waals surface area (Å²) in [5, 5.41) is 0. The van der Waals surface area contributed by atoms with E-state index in [-0.39, 0.29) is 47.4 Å². The first-order chi connectivity index (χ1) is 15.8. The summed E-state index contributed by atoms with van der Waals surface area (Å²) >= 11 is 0. The van der Waals surface area contributed by atoms with Gasteiger partial charge in [-0.25, -0.2) is 4.79 Å². The van der Waals surface area contributed by atoms with Crippen molar-refractivity contribution >= 4 is 17.7 Å². The number of rotatable bonds is 8. The molecular weight excluding hydrogens is 426 g/mol. The Balaban J connectivity index is 2.18. The quantitative estimate of drug-likeness (QED) is 0.339. The topological polar surface area (TPSA) is 91.4 Å². The van der Waals surface area contributed by atoms with E-state index in [9.17, 15) is 14.4 Å². The molecule has 0 aliphatic carbocycles. The van der Waals surface area contributed by atoms with Gasteiger partial charge in [0.25, 0.3) is 0 Å². The van der Waals surface area contributed by atoms with Crippen molar-refractivity contribution in [1.82, 2.24) is 4.90 Å². The normalized spacial score (nSPS) is 18.0. The van der Waals surface area contributed by atoms with Crippen LogP contribution in [0.2, 0.25) is 0 Å². The molecule has 0 bridgehead atoms. The maximum absolute atomic E-state index is 13.0. The minimum Gasteiger partial charge on any atom is -0.496 e. The molecule has 1 saturated heterocycles. The van der Waals surface area contributed by atoms with Gasteiger partial charge in [-0.3, -0.25) is 14.5 Å². The number of hydrogen-bond acceptors (Lipinski definition) is 8. The summed E-state index contributed by atoms with van der Waals surface area (Å²) in [4.78, 5) is 39.3. The van der Waals surface area contributed by atoms with Crippen molar-refractivity contribution in [3.05, 3.63) is 53.1 Å². The van der Waals surface area contributed by atoms with Crippen LogP contribution in [0.15, 0.2) is 36.4 Å². The third-order valence-corrected chi connectivity index (χ3v) is 5.89. The number of methoxy groups -OCH3 is 2. The Hall–Kier alpha value is -3.39. The third kappa shape index (κ3) is 5.17. The standard InChI is InChI=1S/C25H29NO7/c1-15(27)22-20(30-4)13-21(31-5)23(18-11-12-26(3)19(18)14-32-16(2)28)24(22)33-25(29)17-9-7-6-8-10-17/h6-10,13,18-19H,11-12,14H2,1-5H3. The van der Waals surface area contributed by atoms with Crippen LogP contribution in [0.4, 0.5) is 0 Å². The second kappa shape index (κ2) is 10.5. The fourth-order valence-electron chi connectivity index (χ4n) is 4.26. The minimum atomic E-state index is -0.599. The Labute approximate surface area is 193 Å². The molecule has 0 saturated carbocycles. The van der Waals surface area contributed by atoms with Crippen LogP contribution in [0.25, 0.3) is 0 Å². The Morgan fingerprint density at radius 1 is 1.03 bits per heavy atom. The number of likely N-dealkylation sites (N-methyl/N-ethyl adjacent to an activating group) is 1. The molecule has 176 valence electrons. The van der Waals surface area contributed by atoms with Crippen LogP contribution in [0.3, 0.4) is 0 Å². The van der Waals surface area contributed by atoms with Crippen molar-refractivity contribution in [2.75, 3.05) is 34.4 Å². The molecule has 0 aromatic heterocycles. The van der Waals surface area contributed by atoms with Crippen molar-refractivity contribution in [2.45, 2.75) is 32.2 Å². The monoisotopic (exact) mass is 455 g/mol. The van der Waals surface area contributed by atoms with E-state index in [1.165, 1.54) is 28.1 Å². The highest BCUT2D eigenvalue weighted by atomic mass is 16.5. The third-order valence-electron chi connectivity index (χ3n) is 5.89. The van der Waals surface area contributed by atoms with E-state index < -0.39 is 5.97 Å². The smallest absolute Gasteiger partial charge is 0.343 e. The molecule has 2 aromatic rings. The molecule has 1 aliphatic heterocycles. The molecule has 0 amide bonds. The van der Waals surface area contributed by atoms with Crippen LogP contribution in [-0.4, -0.2) is 63.1 Å². The number of nitrogens with zero attached hydrogens (tertiary/aromatic N) is 1. The highest BCUT2D eigenvalue weighted by Gasteiger charge is 2.40. The number of carbonyl (C=O) groups excluding carboxylic acids is 3. The number of likely N-dealkylation sites (tertiary alicyclic amines) is 1. The highest BCUT2D eigenvalue weighted by Crippen LogP contribution is 2.48. The molecule has 0 N–H and O–H groups in total. The van der Waals surface area contributed by atoms with Crippen LogP contribution < -0.4 is 14.2 Å². The zero-order valence-electron chi connectivity index (χ0n) is 19.5.